The first-order valence-electron chi connectivity index (χ1n) is 5.66. The Labute approximate surface area is 116 Å². The molecule has 0 radical (unpaired) electrons. The van der Waals surface area contributed by atoms with Crippen LogP contribution in [0.1, 0.15) is 5.82 Å². The van der Waals surface area contributed by atoms with E-state index in [2.05, 4.69) is 15.3 Å². The van der Waals surface area contributed by atoms with Crippen LogP contribution in [0.15, 0.2) is 30.6 Å². The van der Waals surface area contributed by atoms with E-state index in [0.717, 1.165) is 5.69 Å². The second kappa shape index (κ2) is 6.24. The van der Waals surface area contributed by atoms with E-state index in [1.54, 1.807) is 44.8 Å². The molecule has 6 heteroatoms. The summed E-state index contributed by atoms with van der Waals surface area (Å²) in [5.74, 6) is 1.91. The second-order valence-corrected chi connectivity index (χ2v) is 4.11. The molecule has 2 aromatic rings. The monoisotopic (exact) mass is 279 g/mol. The van der Waals surface area contributed by atoms with Gasteiger partial charge in [-0.15, -0.1) is 0 Å². The van der Waals surface area contributed by atoms with Crippen LogP contribution in [0.3, 0.4) is 0 Å². The highest BCUT2D eigenvalue weighted by Gasteiger charge is 2.09. The number of hydrogen-bond acceptors (Lipinski definition) is 5. The number of methoxy groups -OCH3 is 2. The molecular formula is C13H14ClN3O2. The lowest BCUT2D eigenvalue weighted by Crippen LogP contribution is -2.05. The van der Waals surface area contributed by atoms with Gasteiger partial charge in [0.15, 0.2) is 0 Å². The van der Waals surface area contributed by atoms with E-state index in [9.17, 15) is 0 Å². The highest BCUT2D eigenvalue weighted by molar-refractivity contribution is 6.32. The molecule has 0 unspecified atom stereocenters. The molecule has 5 nitrogen and oxygen atoms in total. The highest BCUT2D eigenvalue weighted by atomic mass is 35.5. The van der Waals surface area contributed by atoms with Gasteiger partial charge in [-0.05, 0) is 12.1 Å². The first kappa shape index (κ1) is 13.4. The summed E-state index contributed by atoms with van der Waals surface area (Å²) in [4.78, 5) is 8.27. The van der Waals surface area contributed by atoms with Crippen molar-refractivity contribution in [3.63, 3.8) is 0 Å². The topological polar surface area (TPSA) is 56.3 Å². The van der Waals surface area contributed by atoms with Crippen molar-refractivity contribution >= 4 is 17.3 Å². The van der Waals surface area contributed by atoms with Gasteiger partial charge in [0, 0.05) is 18.5 Å². The van der Waals surface area contributed by atoms with Crippen LogP contribution in [-0.4, -0.2) is 24.2 Å². The number of aromatic nitrogens is 2. The Morgan fingerprint density at radius 2 is 1.79 bits per heavy atom. The van der Waals surface area contributed by atoms with Gasteiger partial charge in [0.05, 0.1) is 31.5 Å². The Hall–Kier alpha value is -2.01. The fourth-order valence-electron chi connectivity index (χ4n) is 1.59. The number of benzene rings is 1. The Bertz CT molecular complexity index is 549. The average molecular weight is 280 g/mol. The zero-order valence-electron chi connectivity index (χ0n) is 10.7. The van der Waals surface area contributed by atoms with E-state index in [4.69, 9.17) is 21.1 Å². The molecule has 1 N–H and O–H groups in total. The van der Waals surface area contributed by atoms with E-state index < -0.39 is 0 Å². The van der Waals surface area contributed by atoms with Gasteiger partial charge in [-0.25, -0.2) is 9.97 Å². The molecule has 0 aliphatic rings. The molecular weight excluding hydrogens is 266 g/mol. The van der Waals surface area contributed by atoms with Crippen molar-refractivity contribution in [3.8, 4) is 11.5 Å². The maximum Gasteiger partial charge on any atom is 0.147 e. The first-order chi connectivity index (χ1) is 9.24. The number of rotatable bonds is 5. The average Bonchev–Trinajstić information content (AvgIpc) is 2.46. The van der Waals surface area contributed by atoms with Crippen LogP contribution in [0, 0.1) is 0 Å². The summed E-state index contributed by atoms with van der Waals surface area (Å²) in [6.45, 7) is 0.486. The van der Waals surface area contributed by atoms with Crippen LogP contribution in [0.4, 0.5) is 5.69 Å². The zero-order chi connectivity index (χ0) is 13.7. The van der Waals surface area contributed by atoms with Gasteiger partial charge in [-0.3, -0.25) is 0 Å². The molecule has 19 heavy (non-hydrogen) atoms. The van der Waals surface area contributed by atoms with Crippen LogP contribution >= 0.6 is 11.6 Å². The van der Waals surface area contributed by atoms with Crippen molar-refractivity contribution < 1.29 is 9.47 Å². The van der Waals surface area contributed by atoms with E-state index in [-0.39, 0.29) is 0 Å². The number of halogens is 1. The standard InChI is InChI=1S/C13H14ClN3O2/c1-18-11-7-12(19-2)10(6-9(11)14)17-8-13-15-4-3-5-16-13/h3-7,17H,8H2,1-2H3. The molecule has 0 saturated heterocycles. The number of nitrogens with zero attached hydrogens (tertiary/aromatic N) is 2. The summed E-state index contributed by atoms with van der Waals surface area (Å²) < 4.78 is 10.4. The fourth-order valence-corrected chi connectivity index (χ4v) is 1.83. The Kier molecular flexibility index (Phi) is 4.41. The highest BCUT2D eigenvalue weighted by Crippen LogP contribution is 2.35. The molecule has 0 bridgehead atoms. The number of ether oxygens (including phenoxy) is 2. The lowest BCUT2D eigenvalue weighted by atomic mass is 10.2. The van der Waals surface area contributed by atoms with Crippen molar-refractivity contribution in [1.29, 1.82) is 0 Å². The molecule has 100 valence electrons. The van der Waals surface area contributed by atoms with Gasteiger partial charge in [-0.1, -0.05) is 11.6 Å². The molecule has 1 aromatic heterocycles. The summed E-state index contributed by atoms with van der Waals surface area (Å²) in [5.41, 5.74) is 0.765. The normalized spacial score (nSPS) is 10.1. The Morgan fingerprint density at radius 3 is 2.42 bits per heavy atom. The van der Waals surface area contributed by atoms with Crippen LogP contribution < -0.4 is 14.8 Å². The van der Waals surface area contributed by atoms with Gasteiger partial charge in [0.1, 0.15) is 17.3 Å². The van der Waals surface area contributed by atoms with Crippen molar-refractivity contribution in [2.75, 3.05) is 19.5 Å². The number of hydrogen-bond donors (Lipinski definition) is 1. The van der Waals surface area contributed by atoms with Gasteiger partial charge < -0.3 is 14.8 Å². The van der Waals surface area contributed by atoms with E-state index in [1.807, 2.05) is 0 Å². The molecule has 0 atom stereocenters. The minimum Gasteiger partial charge on any atom is -0.495 e. The molecule has 1 aromatic carbocycles. The molecule has 1 heterocycles. The minimum absolute atomic E-state index is 0.486. The lowest BCUT2D eigenvalue weighted by Gasteiger charge is -2.13. The summed E-state index contributed by atoms with van der Waals surface area (Å²) in [6.07, 6.45) is 3.39. The molecule has 0 amide bonds. The maximum atomic E-state index is 6.09. The molecule has 0 aliphatic carbocycles. The minimum atomic E-state index is 0.486. The van der Waals surface area contributed by atoms with Gasteiger partial charge in [-0.2, -0.15) is 0 Å². The van der Waals surface area contributed by atoms with Crippen molar-refractivity contribution in [1.82, 2.24) is 9.97 Å². The largest absolute Gasteiger partial charge is 0.495 e. The molecule has 0 fully saturated rings. The van der Waals surface area contributed by atoms with Crippen LogP contribution in [0.25, 0.3) is 0 Å². The maximum absolute atomic E-state index is 6.09. The Balaban J connectivity index is 2.18. The number of anilines is 1. The van der Waals surface area contributed by atoms with Crippen molar-refractivity contribution in [2.24, 2.45) is 0 Å². The SMILES string of the molecule is COc1cc(OC)c(NCc2ncccn2)cc1Cl. The number of nitrogens with one attached hydrogen (secondary N) is 1. The second-order valence-electron chi connectivity index (χ2n) is 3.71. The predicted molar refractivity (Wildman–Crippen MR) is 73.9 cm³/mol. The quantitative estimate of drug-likeness (QED) is 0.912. The van der Waals surface area contributed by atoms with Crippen LogP contribution in [0.2, 0.25) is 5.02 Å². The third-order valence-corrected chi connectivity index (χ3v) is 2.83. The zero-order valence-corrected chi connectivity index (χ0v) is 11.4. The summed E-state index contributed by atoms with van der Waals surface area (Å²) >= 11 is 6.09. The van der Waals surface area contributed by atoms with Gasteiger partial charge >= 0.3 is 0 Å². The van der Waals surface area contributed by atoms with Gasteiger partial charge in [0.25, 0.3) is 0 Å². The third kappa shape index (κ3) is 3.26. The van der Waals surface area contributed by atoms with Crippen LogP contribution in [-0.2, 0) is 6.54 Å². The predicted octanol–water partition coefficient (Wildman–Crippen LogP) is 2.76. The van der Waals surface area contributed by atoms with Crippen LogP contribution in [0.5, 0.6) is 11.5 Å². The summed E-state index contributed by atoms with van der Waals surface area (Å²) in [6, 6.07) is 5.26. The molecule has 0 saturated carbocycles. The van der Waals surface area contributed by atoms with Crippen molar-refractivity contribution in [3.05, 3.63) is 41.4 Å². The van der Waals surface area contributed by atoms with Crippen molar-refractivity contribution in [2.45, 2.75) is 6.54 Å². The smallest absolute Gasteiger partial charge is 0.147 e. The fraction of sp³-hybridized carbons (Fsp3) is 0.231. The first-order valence-corrected chi connectivity index (χ1v) is 6.03. The third-order valence-electron chi connectivity index (χ3n) is 2.53. The van der Waals surface area contributed by atoms with E-state index in [0.29, 0.717) is 28.9 Å². The molecule has 2 rings (SSSR count). The van der Waals surface area contributed by atoms with Gasteiger partial charge in [0.2, 0.25) is 0 Å². The van der Waals surface area contributed by atoms with E-state index >= 15 is 0 Å². The molecule has 0 aliphatic heterocycles. The molecule has 0 spiro atoms. The Morgan fingerprint density at radius 1 is 1.11 bits per heavy atom. The summed E-state index contributed by atoms with van der Waals surface area (Å²) in [5, 5.41) is 3.70. The summed E-state index contributed by atoms with van der Waals surface area (Å²) in [7, 11) is 3.15. The lowest BCUT2D eigenvalue weighted by molar-refractivity contribution is 0.395. The van der Waals surface area contributed by atoms with E-state index in [1.165, 1.54) is 0 Å².